The minimum absolute atomic E-state index is 0.0461. The molecule has 3 aromatic rings. The van der Waals surface area contributed by atoms with Gasteiger partial charge < -0.3 is 19.9 Å². The molecule has 9 heteroatoms. The van der Waals surface area contributed by atoms with E-state index in [0.717, 1.165) is 28.5 Å². The number of benzene rings is 1. The van der Waals surface area contributed by atoms with E-state index in [-0.39, 0.29) is 18.4 Å². The number of aliphatic hydroxyl groups excluding tert-OH is 1. The maximum absolute atomic E-state index is 12.8. The smallest absolute Gasteiger partial charge is 0.269 e. The average molecular weight is 422 g/mol. The van der Waals surface area contributed by atoms with E-state index in [4.69, 9.17) is 0 Å². The fourth-order valence-electron chi connectivity index (χ4n) is 3.80. The van der Waals surface area contributed by atoms with Crippen LogP contribution in [0.5, 0.6) is 0 Å². The average Bonchev–Trinajstić information content (AvgIpc) is 3.42. The fraction of sp³-hybridized carbons (Fsp3) is 0.364. The van der Waals surface area contributed by atoms with Crippen LogP contribution in [-0.2, 0) is 17.9 Å². The number of carbonyl (C=O) groups excluding carboxylic acids is 2. The number of carbonyl (C=O) groups is 2. The van der Waals surface area contributed by atoms with Crippen LogP contribution in [0.2, 0.25) is 0 Å². The quantitative estimate of drug-likeness (QED) is 0.628. The first kappa shape index (κ1) is 20.8. The highest BCUT2D eigenvalue weighted by Gasteiger charge is 2.20. The first-order valence-electron chi connectivity index (χ1n) is 10.3. The molecule has 31 heavy (non-hydrogen) atoms. The summed E-state index contributed by atoms with van der Waals surface area (Å²) in [5, 5.41) is 18.0. The first-order chi connectivity index (χ1) is 15.0. The maximum atomic E-state index is 12.8. The van der Waals surface area contributed by atoms with Gasteiger partial charge in [-0.05, 0) is 29.7 Å². The van der Waals surface area contributed by atoms with E-state index < -0.39 is 0 Å². The van der Waals surface area contributed by atoms with Crippen molar-refractivity contribution in [1.29, 1.82) is 0 Å². The molecule has 0 bridgehead atoms. The Labute approximate surface area is 179 Å². The summed E-state index contributed by atoms with van der Waals surface area (Å²) in [6.45, 7) is 1.46. The number of aryl methyl sites for hydroxylation is 1. The standard InChI is InChI=1S/C22H26N6O3/c1-26(2)22(31)20-11-16-6-5-15(10-19(16)24-20)17-4-3-8-27(13-17)21(30)7-9-28-18(14-29)12-23-25-28/h4-6,10-12,24,29H,3,7-9,13-14H2,1-2H3. The maximum Gasteiger partial charge on any atom is 0.269 e. The molecule has 0 saturated heterocycles. The van der Waals surface area contributed by atoms with Crippen LogP contribution >= 0.6 is 0 Å². The summed E-state index contributed by atoms with van der Waals surface area (Å²) in [6, 6.07) is 7.92. The van der Waals surface area contributed by atoms with Crippen LogP contribution in [0.15, 0.2) is 36.5 Å². The van der Waals surface area contributed by atoms with Gasteiger partial charge in [-0.3, -0.25) is 9.59 Å². The van der Waals surface area contributed by atoms with Crippen LogP contribution in [0.25, 0.3) is 16.5 Å². The third-order valence-corrected chi connectivity index (χ3v) is 5.53. The Hall–Kier alpha value is -3.46. The highest BCUT2D eigenvalue weighted by molar-refractivity contribution is 5.98. The molecule has 0 unspecified atom stereocenters. The second kappa shape index (κ2) is 8.73. The molecule has 4 rings (SSSR count). The molecule has 0 atom stereocenters. The second-order valence-corrected chi connectivity index (χ2v) is 7.87. The normalized spacial score (nSPS) is 14.0. The number of aromatic amines is 1. The van der Waals surface area contributed by atoms with Crippen LogP contribution < -0.4 is 0 Å². The zero-order valence-electron chi connectivity index (χ0n) is 17.7. The second-order valence-electron chi connectivity index (χ2n) is 7.87. The van der Waals surface area contributed by atoms with Crippen LogP contribution in [-0.4, -0.2) is 73.9 Å². The topological polar surface area (TPSA) is 107 Å². The van der Waals surface area contributed by atoms with E-state index >= 15 is 0 Å². The monoisotopic (exact) mass is 422 g/mol. The SMILES string of the molecule is CN(C)C(=O)c1cc2ccc(C3=CCCN(C(=O)CCn4nncc4CO)C3)cc2[nH]1. The van der Waals surface area contributed by atoms with Crippen molar-refractivity contribution in [3.63, 3.8) is 0 Å². The van der Waals surface area contributed by atoms with Gasteiger partial charge in [-0.2, -0.15) is 0 Å². The van der Waals surface area contributed by atoms with Gasteiger partial charge in [-0.1, -0.05) is 23.4 Å². The zero-order chi connectivity index (χ0) is 22.0. The summed E-state index contributed by atoms with van der Waals surface area (Å²) < 4.78 is 1.56. The van der Waals surface area contributed by atoms with Crippen molar-refractivity contribution in [3.8, 4) is 0 Å². The third kappa shape index (κ3) is 4.36. The van der Waals surface area contributed by atoms with Crippen molar-refractivity contribution in [1.82, 2.24) is 29.8 Å². The van der Waals surface area contributed by atoms with Gasteiger partial charge in [0.1, 0.15) is 5.69 Å². The number of hydrogen-bond donors (Lipinski definition) is 2. The molecule has 1 aliphatic rings. The Bertz CT molecular complexity index is 1140. The summed E-state index contributed by atoms with van der Waals surface area (Å²) in [7, 11) is 3.45. The minimum Gasteiger partial charge on any atom is -0.390 e. The Morgan fingerprint density at radius 1 is 1.26 bits per heavy atom. The number of rotatable bonds is 6. The Kier molecular flexibility index (Phi) is 5.85. The molecule has 0 fully saturated rings. The van der Waals surface area contributed by atoms with Gasteiger partial charge in [0.25, 0.3) is 5.91 Å². The van der Waals surface area contributed by atoms with Gasteiger partial charge in [0.2, 0.25) is 5.91 Å². The van der Waals surface area contributed by atoms with Gasteiger partial charge in [0.05, 0.1) is 25.0 Å². The van der Waals surface area contributed by atoms with Crippen molar-refractivity contribution >= 4 is 28.3 Å². The fourth-order valence-corrected chi connectivity index (χ4v) is 3.80. The molecule has 2 amide bonds. The number of fused-ring (bicyclic) bond motifs is 1. The molecule has 0 saturated carbocycles. The predicted octanol–water partition coefficient (Wildman–Crippen LogP) is 1.66. The Morgan fingerprint density at radius 3 is 2.87 bits per heavy atom. The van der Waals surface area contributed by atoms with Crippen LogP contribution in [0.1, 0.15) is 34.6 Å². The number of H-pyrrole nitrogens is 1. The van der Waals surface area contributed by atoms with Crippen molar-refractivity contribution in [2.45, 2.75) is 26.0 Å². The lowest BCUT2D eigenvalue weighted by Gasteiger charge is -2.28. The lowest BCUT2D eigenvalue weighted by Crippen LogP contribution is -2.36. The molecule has 2 aromatic heterocycles. The van der Waals surface area contributed by atoms with E-state index in [0.29, 0.717) is 37.4 Å². The van der Waals surface area contributed by atoms with Crippen molar-refractivity contribution < 1.29 is 14.7 Å². The lowest BCUT2D eigenvalue weighted by molar-refractivity contribution is -0.131. The molecular weight excluding hydrogens is 396 g/mol. The van der Waals surface area contributed by atoms with E-state index in [1.54, 1.807) is 23.7 Å². The summed E-state index contributed by atoms with van der Waals surface area (Å²) in [4.78, 5) is 31.6. The number of aliphatic hydroxyl groups is 1. The van der Waals surface area contributed by atoms with Crippen molar-refractivity contribution in [3.05, 3.63) is 53.5 Å². The van der Waals surface area contributed by atoms with E-state index in [9.17, 15) is 14.7 Å². The molecule has 9 nitrogen and oxygen atoms in total. The van der Waals surface area contributed by atoms with Crippen LogP contribution in [0.3, 0.4) is 0 Å². The first-order valence-corrected chi connectivity index (χ1v) is 10.3. The third-order valence-electron chi connectivity index (χ3n) is 5.53. The molecule has 0 spiro atoms. The number of nitrogens with one attached hydrogen (secondary N) is 1. The largest absolute Gasteiger partial charge is 0.390 e. The molecule has 3 heterocycles. The minimum atomic E-state index is -0.152. The van der Waals surface area contributed by atoms with Gasteiger partial charge in [-0.15, -0.1) is 5.10 Å². The highest BCUT2D eigenvalue weighted by atomic mass is 16.3. The summed E-state index contributed by atoms with van der Waals surface area (Å²) >= 11 is 0. The van der Waals surface area contributed by atoms with Crippen LogP contribution in [0, 0.1) is 0 Å². The lowest BCUT2D eigenvalue weighted by atomic mass is 10.00. The van der Waals surface area contributed by atoms with Crippen LogP contribution in [0.4, 0.5) is 0 Å². The Balaban J connectivity index is 1.45. The molecule has 162 valence electrons. The molecule has 1 aromatic carbocycles. The summed E-state index contributed by atoms with van der Waals surface area (Å²) in [6.07, 6.45) is 4.76. The van der Waals surface area contributed by atoms with E-state index in [1.165, 1.54) is 6.20 Å². The van der Waals surface area contributed by atoms with Crippen molar-refractivity contribution in [2.24, 2.45) is 0 Å². The number of amides is 2. The Morgan fingerprint density at radius 2 is 2.10 bits per heavy atom. The highest BCUT2D eigenvalue weighted by Crippen LogP contribution is 2.26. The van der Waals surface area contributed by atoms with Gasteiger partial charge >= 0.3 is 0 Å². The van der Waals surface area contributed by atoms with Gasteiger partial charge in [0.15, 0.2) is 0 Å². The van der Waals surface area contributed by atoms with E-state index in [2.05, 4.69) is 21.4 Å². The summed E-state index contributed by atoms with van der Waals surface area (Å²) in [5.41, 5.74) is 4.18. The molecule has 0 radical (unpaired) electrons. The molecule has 2 N–H and O–H groups in total. The predicted molar refractivity (Wildman–Crippen MR) is 116 cm³/mol. The van der Waals surface area contributed by atoms with Gasteiger partial charge in [0, 0.05) is 44.5 Å². The van der Waals surface area contributed by atoms with Gasteiger partial charge in [-0.25, -0.2) is 4.68 Å². The van der Waals surface area contributed by atoms with E-state index in [1.807, 2.05) is 29.2 Å². The molecule has 0 aliphatic carbocycles. The number of hydrogen-bond acceptors (Lipinski definition) is 5. The summed E-state index contributed by atoms with van der Waals surface area (Å²) in [5.74, 6) is -0.0204. The number of nitrogens with zero attached hydrogens (tertiary/aromatic N) is 5. The van der Waals surface area contributed by atoms with Crippen molar-refractivity contribution in [2.75, 3.05) is 27.2 Å². The number of aromatic nitrogens is 4. The molecule has 1 aliphatic heterocycles. The molecular formula is C22H26N6O3. The zero-order valence-corrected chi connectivity index (χ0v) is 17.7.